The van der Waals surface area contributed by atoms with Gasteiger partial charge in [-0.25, -0.2) is 0 Å². The van der Waals surface area contributed by atoms with Gasteiger partial charge in [0.05, 0.1) is 4.92 Å². The zero-order valence-corrected chi connectivity index (χ0v) is 10.2. The van der Waals surface area contributed by atoms with Gasteiger partial charge in [0.1, 0.15) is 5.75 Å². The van der Waals surface area contributed by atoms with Crippen LogP contribution in [-0.4, -0.2) is 4.92 Å². The molecule has 2 aromatic rings. The topological polar surface area (TPSA) is 52.4 Å². The van der Waals surface area contributed by atoms with Crippen molar-refractivity contribution in [3.63, 3.8) is 0 Å². The van der Waals surface area contributed by atoms with E-state index in [-0.39, 0.29) is 11.4 Å². The first-order valence-electron chi connectivity index (χ1n) is 5.56. The van der Waals surface area contributed by atoms with Crippen LogP contribution in [0.1, 0.15) is 11.1 Å². The van der Waals surface area contributed by atoms with Crippen molar-refractivity contribution in [3.05, 3.63) is 63.7 Å². The highest BCUT2D eigenvalue weighted by atomic mass is 16.6. The van der Waals surface area contributed by atoms with Crippen LogP contribution in [0.25, 0.3) is 0 Å². The van der Waals surface area contributed by atoms with E-state index in [1.54, 1.807) is 18.2 Å². The molecule has 0 fully saturated rings. The minimum absolute atomic E-state index is 0.0121. The number of ether oxygens (including phenoxy) is 1. The van der Waals surface area contributed by atoms with Crippen LogP contribution in [0.2, 0.25) is 0 Å². The van der Waals surface area contributed by atoms with Gasteiger partial charge in [-0.05, 0) is 43.2 Å². The second-order valence-electron chi connectivity index (χ2n) is 4.08. The van der Waals surface area contributed by atoms with Crippen LogP contribution in [0.5, 0.6) is 11.5 Å². The molecule has 0 aliphatic heterocycles. The van der Waals surface area contributed by atoms with Crippen molar-refractivity contribution in [1.29, 1.82) is 0 Å². The summed E-state index contributed by atoms with van der Waals surface area (Å²) in [7, 11) is 0. The lowest BCUT2D eigenvalue weighted by Crippen LogP contribution is -1.95. The first-order chi connectivity index (χ1) is 8.58. The molecule has 0 aliphatic rings. The van der Waals surface area contributed by atoms with Gasteiger partial charge in [0.25, 0.3) is 0 Å². The van der Waals surface area contributed by atoms with Crippen molar-refractivity contribution in [3.8, 4) is 11.5 Å². The highest BCUT2D eigenvalue weighted by Gasteiger charge is 2.17. The molecule has 0 aromatic heterocycles. The quantitative estimate of drug-likeness (QED) is 0.604. The zero-order valence-electron chi connectivity index (χ0n) is 10.2. The summed E-state index contributed by atoms with van der Waals surface area (Å²) in [5.74, 6) is 0.859. The highest BCUT2D eigenvalue weighted by Crippen LogP contribution is 2.33. The Kier molecular flexibility index (Phi) is 3.28. The van der Waals surface area contributed by atoms with Gasteiger partial charge in [-0.2, -0.15) is 0 Å². The number of benzene rings is 2. The molecular formula is C14H13NO3. The summed E-state index contributed by atoms with van der Waals surface area (Å²) >= 11 is 0. The van der Waals surface area contributed by atoms with Crippen LogP contribution in [0, 0.1) is 24.0 Å². The van der Waals surface area contributed by atoms with Crippen LogP contribution < -0.4 is 4.74 Å². The van der Waals surface area contributed by atoms with E-state index in [0.717, 1.165) is 11.1 Å². The average Bonchev–Trinajstić information content (AvgIpc) is 2.34. The standard InChI is InChI=1S/C14H13NO3/c1-10-8-13(15(16)17)14(9-11(10)2)18-12-6-4-3-5-7-12/h3-9H,1-2H3. The summed E-state index contributed by atoms with van der Waals surface area (Å²) < 4.78 is 5.56. The van der Waals surface area contributed by atoms with Gasteiger partial charge in [0.2, 0.25) is 5.75 Å². The van der Waals surface area contributed by atoms with E-state index in [1.807, 2.05) is 32.0 Å². The number of hydrogen-bond donors (Lipinski definition) is 0. The summed E-state index contributed by atoms with van der Waals surface area (Å²) in [6, 6.07) is 12.3. The molecule has 0 bridgehead atoms. The van der Waals surface area contributed by atoms with Crippen LogP contribution in [0.15, 0.2) is 42.5 Å². The van der Waals surface area contributed by atoms with Crippen LogP contribution in [0.3, 0.4) is 0 Å². The van der Waals surface area contributed by atoms with Crippen molar-refractivity contribution < 1.29 is 9.66 Å². The Hall–Kier alpha value is -2.36. The Morgan fingerprint density at radius 3 is 2.28 bits per heavy atom. The molecule has 2 aromatic carbocycles. The minimum atomic E-state index is -0.426. The predicted octanol–water partition coefficient (Wildman–Crippen LogP) is 4.00. The molecule has 92 valence electrons. The fourth-order valence-electron chi connectivity index (χ4n) is 1.61. The number of hydrogen-bond acceptors (Lipinski definition) is 3. The Morgan fingerprint density at radius 1 is 1.06 bits per heavy atom. The third kappa shape index (κ3) is 2.48. The molecule has 0 saturated heterocycles. The van der Waals surface area contributed by atoms with Gasteiger partial charge in [-0.1, -0.05) is 18.2 Å². The largest absolute Gasteiger partial charge is 0.450 e. The number of rotatable bonds is 3. The lowest BCUT2D eigenvalue weighted by molar-refractivity contribution is -0.385. The van der Waals surface area contributed by atoms with E-state index < -0.39 is 4.92 Å². The second kappa shape index (κ2) is 4.87. The summed E-state index contributed by atoms with van der Waals surface area (Å²) in [5, 5.41) is 11.0. The molecular weight excluding hydrogens is 230 g/mol. The lowest BCUT2D eigenvalue weighted by Gasteiger charge is -2.08. The van der Waals surface area contributed by atoms with Gasteiger partial charge in [-0.15, -0.1) is 0 Å². The Bertz CT molecular complexity index is 579. The summed E-state index contributed by atoms with van der Waals surface area (Å²) in [5.41, 5.74) is 1.83. The van der Waals surface area contributed by atoms with E-state index in [2.05, 4.69) is 0 Å². The summed E-state index contributed by atoms with van der Waals surface area (Å²) in [6.07, 6.45) is 0. The van der Waals surface area contributed by atoms with E-state index in [0.29, 0.717) is 5.75 Å². The number of aryl methyl sites for hydroxylation is 2. The van der Waals surface area contributed by atoms with E-state index in [4.69, 9.17) is 4.74 Å². The average molecular weight is 243 g/mol. The fourth-order valence-corrected chi connectivity index (χ4v) is 1.61. The summed E-state index contributed by atoms with van der Waals surface area (Å²) in [6.45, 7) is 3.74. The molecule has 0 heterocycles. The number of nitrogens with zero attached hydrogens (tertiary/aromatic N) is 1. The molecule has 2 rings (SSSR count). The van der Waals surface area contributed by atoms with Crippen LogP contribution in [0.4, 0.5) is 5.69 Å². The van der Waals surface area contributed by atoms with Gasteiger partial charge in [-0.3, -0.25) is 10.1 Å². The normalized spacial score (nSPS) is 10.1. The smallest absolute Gasteiger partial charge is 0.311 e. The third-order valence-electron chi connectivity index (χ3n) is 2.74. The monoisotopic (exact) mass is 243 g/mol. The fraction of sp³-hybridized carbons (Fsp3) is 0.143. The van der Waals surface area contributed by atoms with Crippen molar-refractivity contribution >= 4 is 5.69 Å². The molecule has 4 heteroatoms. The third-order valence-corrected chi connectivity index (χ3v) is 2.74. The molecule has 0 N–H and O–H groups in total. The number of nitro groups is 1. The molecule has 0 aliphatic carbocycles. The van der Waals surface area contributed by atoms with Gasteiger partial charge >= 0.3 is 5.69 Å². The molecule has 0 unspecified atom stereocenters. The Balaban J connectivity index is 2.43. The highest BCUT2D eigenvalue weighted by molar-refractivity contribution is 5.53. The Morgan fingerprint density at radius 2 is 1.67 bits per heavy atom. The number of nitro benzene ring substituents is 1. The zero-order chi connectivity index (χ0) is 13.1. The van der Waals surface area contributed by atoms with Gasteiger partial charge in [0, 0.05) is 6.07 Å². The van der Waals surface area contributed by atoms with E-state index in [1.165, 1.54) is 6.07 Å². The second-order valence-corrected chi connectivity index (χ2v) is 4.08. The maximum atomic E-state index is 11.0. The van der Waals surface area contributed by atoms with E-state index >= 15 is 0 Å². The van der Waals surface area contributed by atoms with Crippen molar-refractivity contribution in [2.75, 3.05) is 0 Å². The van der Waals surface area contributed by atoms with Crippen LogP contribution >= 0.6 is 0 Å². The molecule has 4 nitrogen and oxygen atoms in total. The van der Waals surface area contributed by atoms with E-state index in [9.17, 15) is 10.1 Å². The predicted molar refractivity (Wildman–Crippen MR) is 69.1 cm³/mol. The van der Waals surface area contributed by atoms with Crippen molar-refractivity contribution in [2.45, 2.75) is 13.8 Å². The minimum Gasteiger partial charge on any atom is -0.450 e. The van der Waals surface area contributed by atoms with Gasteiger partial charge < -0.3 is 4.74 Å². The molecule has 0 amide bonds. The van der Waals surface area contributed by atoms with Gasteiger partial charge in [0.15, 0.2) is 0 Å². The molecule has 18 heavy (non-hydrogen) atoms. The lowest BCUT2D eigenvalue weighted by atomic mass is 10.1. The number of para-hydroxylation sites is 1. The summed E-state index contributed by atoms with van der Waals surface area (Å²) in [4.78, 5) is 10.6. The molecule has 0 spiro atoms. The maximum Gasteiger partial charge on any atom is 0.311 e. The first-order valence-corrected chi connectivity index (χ1v) is 5.56. The van der Waals surface area contributed by atoms with Crippen molar-refractivity contribution in [2.24, 2.45) is 0 Å². The molecule has 0 saturated carbocycles. The first kappa shape index (κ1) is 12.1. The maximum absolute atomic E-state index is 11.0. The SMILES string of the molecule is Cc1cc(Oc2ccccc2)c([N+](=O)[O-])cc1C. The van der Waals surface area contributed by atoms with Crippen molar-refractivity contribution in [1.82, 2.24) is 0 Å². The molecule has 0 radical (unpaired) electrons. The Labute approximate surface area is 105 Å². The van der Waals surface area contributed by atoms with Crippen LogP contribution in [-0.2, 0) is 0 Å². The molecule has 0 atom stereocenters.